The molecule has 0 N–H and O–H groups in total. The van der Waals surface area contributed by atoms with Gasteiger partial charge < -0.3 is 7.43 Å². The van der Waals surface area contributed by atoms with E-state index < -0.39 is 10.6 Å². The fourth-order valence-corrected chi connectivity index (χ4v) is 2.92. The minimum absolute atomic E-state index is 0. The average molecular weight is 443 g/mol. The summed E-state index contributed by atoms with van der Waals surface area (Å²) in [7, 11) is -3.11. The van der Waals surface area contributed by atoms with Crippen molar-refractivity contribution in [3.05, 3.63) is 79.2 Å². The smallest absolute Gasteiger partial charge is 0.358 e. The summed E-state index contributed by atoms with van der Waals surface area (Å²) in [5, 5.41) is 0. The summed E-state index contributed by atoms with van der Waals surface area (Å²) in [5.41, 5.74) is 2.96. The van der Waals surface area contributed by atoms with Crippen LogP contribution in [0.4, 0.5) is 0 Å². The van der Waals surface area contributed by atoms with Gasteiger partial charge in [-0.2, -0.15) is 0 Å². The van der Waals surface area contributed by atoms with Crippen molar-refractivity contribution in [3.8, 4) is 0 Å². The van der Waals surface area contributed by atoms with E-state index in [2.05, 4.69) is 88.4 Å². The van der Waals surface area contributed by atoms with Crippen LogP contribution < -0.4 is 29.6 Å². The Bertz CT molecular complexity index is 647. The zero-order chi connectivity index (χ0) is 21.2. The molecule has 2 atom stereocenters. The predicted octanol–water partition coefficient (Wildman–Crippen LogP) is 4.41. The zero-order valence-electron chi connectivity index (χ0n) is 19.8. The Labute approximate surface area is 209 Å². The Morgan fingerprint density at radius 1 is 0.667 bits per heavy atom. The van der Waals surface area contributed by atoms with Gasteiger partial charge in [-0.1, -0.05) is 114 Å². The second kappa shape index (κ2) is 22.7. The van der Waals surface area contributed by atoms with Gasteiger partial charge in [-0.05, 0) is 35.8 Å². The molecule has 0 spiro atoms. The average Bonchev–Trinajstić information content (AvgIpc) is 2.71. The van der Waals surface area contributed by atoms with Crippen LogP contribution in [0, 0.1) is 7.43 Å². The molecule has 2 aromatic carbocycles. The first-order chi connectivity index (χ1) is 13.4. The molecule has 2 rings (SSSR count). The Morgan fingerprint density at radius 2 is 0.933 bits per heavy atom. The number of rotatable bonds is 8. The molecule has 30 heavy (non-hydrogen) atoms. The fourth-order valence-electron chi connectivity index (χ4n) is 2.92. The van der Waals surface area contributed by atoms with Crippen LogP contribution in [0.15, 0.2) is 60.7 Å². The maximum absolute atomic E-state index is 8.44. The van der Waals surface area contributed by atoms with Crippen molar-refractivity contribution in [2.45, 2.75) is 78.1 Å². The number of unbranched alkanes of at least 4 members (excludes halogenated alkanes) is 2. The van der Waals surface area contributed by atoms with E-state index in [0.29, 0.717) is 0 Å². The Hall–Kier alpha value is -0.940. The molecule has 0 aliphatic carbocycles. The third kappa shape index (κ3) is 19.0. The van der Waals surface area contributed by atoms with Crippen LogP contribution in [0.3, 0.4) is 0 Å². The van der Waals surface area contributed by atoms with Crippen LogP contribution >= 0.6 is 0 Å². The summed E-state index contributed by atoms with van der Waals surface area (Å²) in [6.45, 7) is 9.12. The molecule has 5 heteroatoms. The van der Waals surface area contributed by atoms with E-state index in [4.69, 9.17) is 12.6 Å². The van der Waals surface area contributed by atoms with Gasteiger partial charge >= 0.3 is 40.2 Å². The third-order valence-corrected chi connectivity index (χ3v) is 4.72. The summed E-state index contributed by atoms with van der Waals surface area (Å²) in [6, 6.07) is 21.5. The molecule has 3 nitrogen and oxygen atoms in total. The zero-order valence-corrected chi connectivity index (χ0v) is 22.6. The van der Waals surface area contributed by atoms with Crippen LogP contribution in [-0.4, -0.2) is 12.6 Å². The summed E-state index contributed by atoms with van der Waals surface area (Å²) in [4.78, 5) is 0. The number of hydrogen-bond acceptors (Lipinski definition) is 3. The molecule has 0 amide bonds. The first-order valence-electron chi connectivity index (χ1n) is 10.3. The normalized spacial score (nSPS) is 11.1. The van der Waals surface area contributed by atoms with Gasteiger partial charge in [0.05, 0.1) is 0 Å². The largest absolute Gasteiger partial charge is 1.00 e. The Kier molecular flexibility index (Phi) is 25.5. The number of benzene rings is 2. The summed E-state index contributed by atoms with van der Waals surface area (Å²) in [6.07, 6.45) is 7.93. The Morgan fingerprint density at radius 3 is 1.17 bits per heavy atom. The van der Waals surface area contributed by atoms with Gasteiger partial charge in [-0.25, -0.2) is 0 Å². The van der Waals surface area contributed by atoms with Gasteiger partial charge in [0.15, 0.2) is 0 Å². The first kappa shape index (κ1) is 33.7. The maximum atomic E-state index is 8.44. The molecule has 0 bridgehead atoms. The van der Waals surface area contributed by atoms with E-state index >= 15 is 0 Å². The molecule has 0 saturated heterocycles. The monoisotopic (exact) mass is 442 g/mol. The van der Waals surface area contributed by atoms with Crippen LogP contribution in [0.2, 0.25) is 0 Å². The number of hydrogen-bond donors (Lipinski definition) is 0. The quantitative estimate of drug-likeness (QED) is 0.449. The maximum Gasteiger partial charge on any atom is 1.00 e. The van der Waals surface area contributed by atoms with Gasteiger partial charge in [-0.15, -0.1) is 12.6 Å². The Balaban J connectivity index is -0.000000391. The van der Waals surface area contributed by atoms with E-state index in [1.807, 2.05) is 0 Å². The molecule has 0 radical (unpaired) electrons. The molecular formula is C25H39NaO3S. The van der Waals surface area contributed by atoms with E-state index in [1.54, 1.807) is 0 Å². The summed E-state index contributed by atoms with van der Waals surface area (Å²) < 4.78 is 25.3. The minimum atomic E-state index is -3.11. The van der Waals surface area contributed by atoms with E-state index in [1.165, 1.54) is 49.7 Å². The van der Waals surface area contributed by atoms with E-state index in [-0.39, 0.29) is 37.0 Å². The van der Waals surface area contributed by atoms with Crippen molar-refractivity contribution in [2.24, 2.45) is 0 Å². The fraction of sp³-hybridized carbons (Fsp3) is 0.480. The minimum Gasteiger partial charge on any atom is -0.358 e. The van der Waals surface area contributed by atoms with Gasteiger partial charge in [0.1, 0.15) is 0 Å². The van der Waals surface area contributed by atoms with Crippen LogP contribution in [0.1, 0.15) is 89.2 Å². The van der Waals surface area contributed by atoms with Gasteiger partial charge in [-0.3, -0.25) is 0 Å². The SMILES string of the molecule is CCCCC(C)c1ccccc1.CCCCC(C)c1ccccc1.O=S(=O)=O.[CH3-].[Na+]. The van der Waals surface area contributed by atoms with Crippen LogP contribution in [-0.2, 0) is 10.6 Å². The van der Waals surface area contributed by atoms with Gasteiger partial charge in [0.2, 0.25) is 0 Å². The van der Waals surface area contributed by atoms with Crippen LogP contribution in [0.25, 0.3) is 0 Å². The standard InChI is InChI=1S/2C12H18.CH3.Na.O3S/c2*1-3-4-8-11(2)12-9-6-5-7-10-12;;;1-4(2)3/h2*5-7,9-11H,3-4,8H2,1-2H3;1H3;;/q;;-1;+1;. The molecule has 0 aliphatic rings. The summed E-state index contributed by atoms with van der Waals surface area (Å²) >= 11 is 0. The van der Waals surface area contributed by atoms with Crippen molar-refractivity contribution < 1.29 is 42.2 Å². The van der Waals surface area contributed by atoms with Crippen LogP contribution in [0.5, 0.6) is 0 Å². The predicted molar refractivity (Wildman–Crippen MR) is 125 cm³/mol. The van der Waals surface area contributed by atoms with Gasteiger partial charge in [0, 0.05) is 0 Å². The molecule has 0 saturated carbocycles. The molecule has 0 heterocycles. The molecule has 0 aromatic heterocycles. The van der Waals surface area contributed by atoms with Crippen molar-refractivity contribution >= 4 is 10.6 Å². The van der Waals surface area contributed by atoms with Crippen molar-refractivity contribution in [1.82, 2.24) is 0 Å². The van der Waals surface area contributed by atoms with Crippen molar-refractivity contribution in [1.29, 1.82) is 0 Å². The topological polar surface area (TPSA) is 51.2 Å². The van der Waals surface area contributed by atoms with Crippen molar-refractivity contribution in [3.63, 3.8) is 0 Å². The molecule has 0 aliphatic heterocycles. The van der Waals surface area contributed by atoms with E-state index in [0.717, 1.165) is 11.8 Å². The van der Waals surface area contributed by atoms with Crippen molar-refractivity contribution in [2.75, 3.05) is 0 Å². The molecule has 2 unspecified atom stereocenters. The first-order valence-corrected chi connectivity index (χ1v) is 11.3. The summed E-state index contributed by atoms with van der Waals surface area (Å²) in [5.74, 6) is 1.46. The molecule has 2 aromatic rings. The second-order valence-electron chi connectivity index (χ2n) is 7.11. The molecular weight excluding hydrogens is 403 g/mol. The second-order valence-corrected chi connectivity index (χ2v) is 7.52. The molecule has 0 fully saturated rings. The van der Waals surface area contributed by atoms with E-state index in [9.17, 15) is 0 Å². The molecule has 164 valence electrons. The third-order valence-electron chi connectivity index (χ3n) is 4.72. The van der Waals surface area contributed by atoms with Gasteiger partial charge in [0.25, 0.3) is 0 Å².